The second kappa shape index (κ2) is 10.8. The molecule has 0 bridgehead atoms. The van der Waals surface area contributed by atoms with Crippen molar-refractivity contribution in [3.63, 3.8) is 0 Å². The Morgan fingerprint density at radius 3 is 1.33 bits per heavy atom. The van der Waals surface area contributed by atoms with Crippen LogP contribution in [0.25, 0.3) is 0 Å². The van der Waals surface area contributed by atoms with Gasteiger partial charge in [-0.25, -0.2) is 0 Å². The van der Waals surface area contributed by atoms with Crippen LogP contribution in [0.2, 0.25) is 0 Å². The summed E-state index contributed by atoms with van der Waals surface area (Å²) < 4.78 is 54.3. The summed E-state index contributed by atoms with van der Waals surface area (Å²) in [5.41, 5.74) is -3.47. The molecule has 0 N–H and O–H groups in total. The van der Waals surface area contributed by atoms with E-state index in [1.165, 1.54) is 0 Å². The molecule has 36 heavy (non-hydrogen) atoms. The minimum atomic E-state index is -0.736. The van der Waals surface area contributed by atoms with Gasteiger partial charge in [0.25, 0.3) is 0 Å². The zero-order chi connectivity index (χ0) is 27.0. The molecule has 4 unspecified atom stereocenters. The number of hydrogen-bond acceptors (Lipinski definition) is 9. The molecule has 3 heterocycles. The van der Waals surface area contributed by atoms with E-state index in [-0.39, 0.29) is 0 Å². The summed E-state index contributed by atoms with van der Waals surface area (Å²) in [7, 11) is -0.511. The van der Waals surface area contributed by atoms with Crippen LogP contribution in [0.5, 0.6) is 0 Å². The van der Waals surface area contributed by atoms with Crippen molar-refractivity contribution < 1.29 is 41.9 Å². The first-order valence-corrected chi connectivity index (χ1v) is 13.4. The third-order valence-corrected chi connectivity index (χ3v) is 8.98. The van der Waals surface area contributed by atoms with E-state index >= 15 is 0 Å². The molecule has 0 amide bonds. The highest BCUT2D eigenvalue weighted by molar-refractivity contribution is 6.38. The zero-order valence-corrected chi connectivity index (χ0v) is 24.4. The zero-order valence-electron chi connectivity index (χ0n) is 24.4. The van der Waals surface area contributed by atoms with E-state index in [0.29, 0.717) is 38.9 Å². The van der Waals surface area contributed by atoms with Gasteiger partial charge < -0.3 is 41.9 Å². The molecule has 0 aromatic heterocycles. The van der Waals surface area contributed by atoms with Crippen molar-refractivity contribution in [3.05, 3.63) is 0 Å². The highest BCUT2D eigenvalue weighted by atomic mass is 16.8. The maximum absolute atomic E-state index is 6.44. The van der Waals surface area contributed by atoms with Gasteiger partial charge in [0.05, 0.1) is 33.6 Å². The monoisotopic (exact) mass is 512 g/mol. The average molecular weight is 512 g/mol. The molecule has 0 aliphatic carbocycles. The summed E-state index contributed by atoms with van der Waals surface area (Å²) in [6.45, 7) is 21.6. The van der Waals surface area contributed by atoms with Crippen molar-refractivity contribution in [1.29, 1.82) is 0 Å². The fourth-order valence-corrected chi connectivity index (χ4v) is 5.09. The van der Waals surface area contributed by atoms with E-state index in [4.69, 9.17) is 41.9 Å². The van der Waals surface area contributed by atoms with Gasteiger partial charge in [0, 0.05) is 20.3 Å². The molecule has 0 aromatic carbocycles. The maximum atomic E-state index is 6.44. The summed E-state index contributed by atoms with van der Waals surface area (Å²) >= 11 is 0. The Morgan fingerprint density at radius 1 is 0.528 bits per heavy atom. The van der Waals surface area contributed by atoms with E-state index in [1.807, 2.05) is 34.6 Å². The first-order chi connectivity index (χ1) is 16.6. The summed E-state index contributed by atoms with van der Waals surface area (Å²) in [6.07, 6.45) is 3.62. The van der Waals surface area contributed by atoms with Gasteiger partial charge in [0.2, 0.25) is 0 Å². The fourth-order valence-electron chi connectivity index (χ4n) is 5.09. The lowest BCUT2D eigenvalue weighted by molar-refractivity contribution is -0.0819. The van der Waals surface area contributed by atoms with Gasteiger partial charge >= 0.3 is 22.0 Å². The molecule has 3 aliphatic heterocycles. The first-order valence-electron chi connectivity index (χ1n) is 13.4. The largest absolute Gasteiger partial charge is 0.640 e. The quantitative estimate of drug-likeness (QED) is 0.355. The second-order valence-corrected chi connectivity index (χ2v) is 12.1. The third kappa shape index (κ3) is 5.72. The minimum Gasteiger partial charge on any atom is -0.389 e. The van der Waals surface area contributed by atoms with Gasteiger partial charge in [0.15, 0.2) is 0 Å². The van der Waals surface area contributed by atoms with Crippen molar-refractivity contribution in [2.45, 2.75) is 135 Å². The molecule has 206 valence electrons. The fraction of sp³-hybridized carbons (Fsp3) is 1.00. The molecule has 0 spiro atoms. The van der Waals surface area contributed by atoms with E-state index in [2.05, 4.69) is 34.6 Å². The van der Waals surface area contributed by atoms with Gasteiger partial charge in [-0.2, -0.15) is 0 Å². The highest BCUT2D eigenvalue weighted by Gasteiger charge is 2.62. The topological polar surface area (TPSA) is 83.1 Å². The van der Waals surface area contributed by atoms with Gasteiger partial charge in [0.1, 0.15) is 0 Å². The lowest BCUT2D eigenvalue weighted by atomic mass is 9.72. The Labute approximate surface area is 219 Å². The van der Waals surface area contributed by atoms with E-state index in [9.17, 15) is 0 Å². The van der Waals surface area contributed by atoms with Crippen LogP contribution in [0.1, 0.15) is 101 Å². The normalized spacial score (nSPS) is 37.9. The molecular weight excluding hydrogens is 465 g/mol. The van der Waals surface area contributed by atoms with Crippen LogP contribution in [-0.2, 0) is 41.9 Å². The molecule has 3 fully saturated rings. The van der Waals surface area contributed by atoms with E-state index < -0.39 is 55.6 Å². The molecule has 0 saturated carbocycles. The molecule has 3 aliphatic rings. The second-order valence-electron chi connectivity index (χ2n) is 12.1. The first kappa shape index (κ1) is 30.4. The smallest absolute Gasteiger partial charge is 0.389 e. The maximum Gasteiger partial charge on any atom is 0.640 e. The van der Waals surface area contributed by atoms with E-state index in [0.717, 1.165) is 6.42 Å². The van der Waals surface area contributed by atoms with Gasteiger partial charge in [-0.1, -0.05) is 6.92 Å². The van der Waals surface area contributed by atoms with Crippen LogP contribution in [0.4, 0.5) is 0 Å². The van der Waals surface area contributed by atoms with Crippen LogP contribution in [0.3, 0.4) is 0 Å². The Hall–Kier alpha value is -0.165. The Kier molecular flexibility index (Phi) is 9.09. The molecular formula is C24H47B3O9. The Bertz CT molecular complexity index is 758. The van der Waals surface area contributed by atoms with Crippen LogP contribution in [0.15, 0.2) is 0 Å². The Balaban J connectivity index is 1.75. The molecule has 9 nitrogen and oxygen atoms in total. The lowest BCUT2D eigenvalue weighted by Gasteiger charge is -2.45. The third-order valence-electron chi connectivity index (χ3n) is 8.98. The predicted octanol–water partition coefficient (Wildman–Crippen LogP) is 4.34. The van der Waals surface area contributed by atoms with Crippen LogP contribution < -0.4 is 0 Å². The molecule has 0 aromatic rings. The van der Waals surface area contributed by atoms with E-state index in [1.54, 1.807) is 7.11 Å². The summed E-state index contributed by atoms with van der Waals surface area (Å²) in [6, 6.07) is 0. The summed E-state index contributed by atoms with van der Waals surface area (Å²) in [5.74, 6) is 0. The van der Waals surface area contributed by atoms with Crippen molar-refractivity contribution in [2.24, 2.45) is 0 Å². The van der Waals surface area contributed by atoms with Crippen LogP contribution in [-0.4, -0.2) is 75.9 Å². The van der Waals surface area contributed by atoms with Crippen molar-refractivity contribution in [1.82, 2.24) is 0 Å². The average Bonchev–Trinajstić information content (AvgIpc) is 3.28. The molecule has 4 atom stereocenters. The van der Waals surface area contributed by atoms with Crippen molar-refractivity contribution >= 4 is 22.0 Å². The van der Waals surface area contributed by atoms with Crippen molar-refractivity contribution in [3.8, 4) is 0 Å². The molecule has 0 radical (unpaired) electrons. The number of hydrogen-bond donors (Lipinski definition) is 0. The SMILES string of the molecule is CCCOB1OC(C)(C)C(C)(CCC2(C)OB(OCC)OC2(C)CCC2(C)OB(OC)OC2(C)C)O1. The molecule has 12 heteroatoms. The van der Waals surface area contributed by atoms with Gasteiger partial charge in [-0.05, 0) is 94.4 Å². The van der Waals surface area contributed by atoms with Crippen LogP contribution in [0, 0.1) is 0 Å². The predicted molar refractivity (Wildman–Crippen MR) is 139 cm³/mol. The van der Waals surface area contributed by atoms with Gasteiger partial charge in [-0.3, -0.25) is 0 Å². The van der Waals surface area contributed by atoms with Crippen molar-refractivity contribution in [2.75, 3.05) is 20.3 Å². The summed E-state index contributed by atoms with van der Waals surface area (Å²) in [5, 5.41) is 0. The minimum absolute atomic E-state index is 0.492. The highest BCUT2D eigenvalue weighted by Crippen LogP contribution is 2.50. The van der Waals surface area contributed by atoms with Gasteiger partial charge in [-0.15, -0.1) is 0 Å². The standard InChI is InChI=1S/C24H47B3O9/c1-12-18-30-27-32-20(5,6)22(8,34-27)15-17-24(10)23(9,35-26(36-24)29-13-2)16-14-21(7)19(3,4)31-25(28-11)33-21/h12-18H2,1-11H3. The van der Waals surface area contributed by atoms with Crippen LogP contribution >= 0.6 is 0 Å². The molecule has 3 rings (SSSR count). The number of rotatable bonds is 12. The molecule has 3 saturated heterocycles. The summed E-state index contributed by atoms with van der Waals surface area (Å²) in [4.78, 5) is 0. The Morgan fingerprint density at radius 2 is 0.917 bits per heavy atom. The lowest BCUT2D eigenvalue weighted by Crippen LogP contribution is -2.53.